The minimum atomic E-state index is -0.484. The van der Waals surface area contributed by atoms with Crippen LogP contribution in [0.5, 0.6) is 0 Å². The number of rotatable bonds is 7. The van der Waals surface area contributed by atoms with Gasteiger partial charge in [0.2, 0.25) is 5.91 Å². The smallest absolute Gasteiger partial charge is 0.350 e. The summed E-state index contributed by atoms with van der Waals surface area (Å²) in [4.78, 5) is 34.7. The lowest BCUT2D eigenvalue weighted by atomic mass is 9.87. The third-order valence-corrected chi connectivity index (χ3v) is 6.58. The Bertz CT molecular complexity index is 1390. The summed E-state index contributed by atoms with van der Waals surface area (Å²) in [6.45, 7) is 11.9. The Hall–Kier alpha value is -3.78. The van der Waals surface area contributed by atoms with Crippen molar-refractivity contribution in [2.75, 3.05) is 11.9 Å². The monoisotopic (exact) mass is 488 g/mol. The molecule has 0 saturated heterocycles. The predicted molar refractivity (Wildman–Crippen MR) is 140 cm³/mol. The topological polar surface area (TPSA) is 86.1 Å². The van der Waals surface area contributed by atoms with E-state index in [-0.39, 0.29) is 24.5 Å². The first-order valence-electron chi connectivity index (χ1n) is 11.3. The van der Waals surface area contributed by atoms with Gasteiger partial charge in [-0.25, -0.2) is 14.8 Å². The number of aryl methyl sites for hydroxylation is 1. The molecule has 1 amide bonds. The molecule has 0 aliphatic carbocycles. The highest BCUT2D eigenvalue weighted by molar-refractivity contribution is 7.17. The highest BCUT2D eigenvalue weighted by Gasteiger charge is 2.20. The summed E-state index contributed by atoms with van der Waals surface area (Å²) < 4.78 is 6.99. The number of carbonyl (C=O) groups is 2. The molecule has 0 radical (unpaired) electrons. The molecule has 4 rings (SSSR count). The molecule has 0 saturated carbocycles. The molecule has 7 nitrogen and oxygen atoms in total. The number of amides is 1. The first kappa shape index (κ1) is 24.3. The molecular weight excluding hydrogens is 460 g/mol. The average Bonchev–Trinajstić information content (AvgIpc) is 3.37. The number of carbonyl (C=O) groups excluding carboxylic acids is 2. The lowest BCUT2D eigenvalue weighted by Crippen LogP contribution is -2.19. The zero-order chi connectivity index (χ0) is 25.2. The minimum absolute atomic E-state index is 0.0430. The number of esters is 1. The van der Waals surface area contributed by atoms with Crippen LogP contribution in [0.3, 0.4) is 0 Å². The molecule has 0 fully saturated rings. The van der Waals surface area contributed by atoms with Crippen molar-refractivity contribution in [3.8, 4) is 11.4 Å². The second-order valence-electron chi connectivity index (χ2n) is 9.21. The maximum absolute atomic E-state index is 13.0. The van der Waals surface area contributed by atoms with Crippen LogP contribution < -0.4 is 5.32 Å². The van der Waals surface area contributed by atoms with E-state index in [4.69, 9.17) is 9.72 Å². The normalized spacial score (nSPS) is 11.4. The van der Waals surface area contributed by atoms with Gasteiger partial charge in [0.05, 0.1) is 16.7 Å². The first-order chi connectivity index (χ1) is 16.7. The molecule has 0 unspecified atom stereocenters. The van der Waals surface area contributed by atoms with Crippen molar-refractivity contribution in [2.45, 2.75) is 39.7 Å². The van der Waals surface area contributed by atoms with Crippen molar-refractivity contribution in [3.63, 3.8) is 0 Å². The molecule has 2 aromatic heterocycles. The zero-order valence-corrected chi connectivity index (χ0v) is 21.1. The van der Waals surface area contributed by atoms with Gasteiger partial charge in [-0.1, -0.05) is 81.2 Å². The highest BCUT2D eigenvalue weighted by Crippen LogP contribution is 2.29. The standard InChI is InChI=1S/C27H28N4O3S/c1-6-15-34-25(33)23-17(2)28-26(35-23)30-22(32)16-31-21-10-8-7-9-20(21)29-24(31)18-11-13-19(14-12-18)27(3,4)5/h6-14H,1,15-16H2,2-5H3,(H,28,30,32). The van der Waals surface area contributed by atoms with E-state index in [0.717, 1.165) is 27.9 Å². The number of nitrogens with one attached hydrogen (secondary N) is 1. The number of aromatic nitrogens is 3. The van der Waals surface area contributed by atoms with Crippen LogP contribution in [0.15, 0.2) is 61.2 Å². The number of ether oxygens (including phenoxy) is 1. The highest BCUT2D eigenvalue weighted by atomic mass is 32.1. The molecular formula is C27H28N4O3S. The third-order valence-electron chi connectivity index (χ3n) is 5.53. The molecule has 8 heteroatoms. The van der Waals surface area contributed by atoms with E-state index in [1.807, 2.05) is 41.0 Å². The van der Waals surface area contributed by atoms with E-state index in [9.17, 15) is 9.59 Å². The van der Waals surface area contributed by atoms with Crippen LogP contribution in [-0.2, 0) is 21.5 Å². The third kappa shape index (κ3) is 5.33. The van der Waals surface area contributed by atoms with E-state index in [1.165, 1.54) is 11.6 Å². The number of fused-ring (bicyclic) bond motifs is 1. The maximum atomic E-state index is 13.0. The van der Waals surface area contributed by atoms with Gasteiger partial charge in [-0.2, -0.15) is 0 Å². The van der Waals surface area contributed by atoms with Crippen LogP contribution in [0.2, 0.25) is 0 Å². The molecule has 0 bridgehead atoms. The quantitative estimate of drug-likeness (QED) is 0.265. The largest absolute Gasteiger partial charge is 0.457 e. The summed E-state index contributed by atoms with van der Waals surface area (Å²) in [6, 6.07) is 16.0. The van der Waals surface area contributed by atoms with Crippen LogP contribution >= 0.6 is 11.3 Å². The molecule has 180 valence electrons. The van der Waals surface area contributed by atoms with Crippen molar-refractivity contribution >= 4 is 39.4 Å². The number of thiazole rings is 1. The molecule has 0 aliphatic heterocycles. The fraction of sp³-hybridized carbons (Fsp3) is 0.259. The summed E-state index contributed by atoms with van der Waals surface area (Å²) >= 11 is 1.09. The van der Waals surface area contributed by atoms with Gasteiger partial charge >= 0.3 is 5.97 Å². The van der Waals surface area contributed by atoms with Gasteiger partial charge in [0.25, 0.3) is 0 Å². The fourth-order valence-corrected chi connectivity index (χ4v) is 4.59. The fourth-order valence-electron chi connectivity index (χ4n) is 3.72. The van der Waals surface area contributed by atoms with E-state index in [2.05, 4.69) is 49.8 Å². The number of benzene rings is 2. The second kappa shape index (κ2) is 9.84. The number of nitrogens with zero attached hydrogens (tertiary/aromatic N) is 3. The summed E-state index contributed by atoms with van der Waals surface area (Å²) in [6.07, 6.45) is 1.50. The van der Waals surface area contributed by atoms with Crippen molar-refractivity contribution in [3.05, 3.63) is 77.3 Å². The Morgan fingerprint density at radius 1 is 1.11 bits per heavy atom. The Labute approximate surface area is 208 Å². The summed E-state index contributed by atoms with van der Waals surface area (Å²) in [7, 11) is 0. The Morgan fingerprint density at radius 2 is 1.83 bits per heavy atom. The summed E-state index contributed by atoms with van der Waals surface area (Å²) in [5, 5.41) is 3.16. The van der Waals surface area contributed by atoms with Crippen molar-refractivity contribution in [2.24, 2.45) is 0 Å². The molecule has 0 spiro atoms. The minimum Gasteiger partial charge on any atom is -0.457 e. The Morgan fingerprint density at radius 3 is 2.51 bits per heavy atom. The maximum Gasteiger partial charge on any atom is 0.350 e. The zero-order valence-electron chi connectivity index (χ0n) is 20.3. The molecule has 35 heavy (non-hydrogen) atoms. The number of hydrogen-bond donors (Lipinski definition) is 1. The summed E-state index contributed by atoms with van der Waals surface area (Å²) in [5.41, 5.74) is 4.38. The number of anilines is 1. The van der Waals surface area contributed by atoms with Gasteiger partial charge in [0, 0.05) is 5.56 Å². The van der Waals surface area contributed by atoms with Crippen LogP contribution in [0.1, 0.15) is 41.7 Å². The number of hydrogen-bond acceptors (Lipinski definition) is 6. The van der Waals surface area contributed by atoms with Gasteiger partial charge in [0.1, 0.15) is 23.9 Å². The van der Waals surface area contributed by atoms with Crippen LogP contribution in [-0.4, -0.2) is 33.0 Å². The molecule has 2 heterocycles. The summed E-state index contributed by atoms with van der Waals surface area (Å²) in [5.74, 6) is -0.0340. The van der Waals surface area contributed by atoms with E-state index >= 15 is 0 Å². The first-order valence-corrected chi connectivity index (χ1v) is 12.1. The van der Waals surface area contributed by atoms with Gasteiger partial charge < -0.3 is 14.6 Å². The van der Waals surface area contributed by atoms with Crippen molar-refractivity contribution in [1.82, 2.24) is 14.5 Å². The second-order valence-corrected chi connectivity index (χ2v) is 10.2. The Balaban J connectivity index is 1.60. The van der Waals surface area contributed by atoms with Gasteiger partial charge in [0.15, 0.2) is 5.13 Å². The van der Waals surface area contributed by atoms with Crippen LogP contribution in [0.25, 0.3) is 22.4 Å². The van der Waals surface area contributed by atoms with E-state index in [1.54, 1.807) is 6.92 Å². The number of para-hydroxylation sites is 2. The van der Waals surface area contributed by atoms with Gasteiger partial charge in [-0.05, 0) is 30.0 Å². The molecule has 4 aromatic rings. The average molecular weight is 489 g/mol. The Kier molecular flexibility index (Phi) is 6.84. The molecule has 0 atom stereocenters. The van der Waals surface area contributed by atoms with Crippen LogP contribution in [0.4, 0.5) is 5.13 Å². The van der Waals surface area contributed by atoms with Crippen molar-refractivity contribution in [1.29, 1.82) is 0 Å². The molecule has 1 N–H and O–H groups in total. The lowest BCUT2D eigenvalue weighted by molar-refractivity contribution is -0.116. The SMILES string of the molecule is C=CCOC(=O)c1sc(NC(=O)Cn2c(-c3ccc(C(C)(C)C)cc3)nc3ccccc32)nc1C. The van der Waals surface area contributed by atoms with Gasteiger partial charge in [-0.3, -0.25) is 4.79 Å². The number of imidazole rings is 1. The van der Waals surface area contributed by atoms with E-state index in [0.29, 0.717) is 21.5 Å². The van der Waals surface area contributed by atoms with Gasteiger partial charge in [-0.15, -0.1) is 0 Å². The molecule has 0 aliphatic rings. The lowest BCUT2D eigenvalue weighted by Gasteiger charge is -2.19. The van der Waals surface area contributed by atoms with E-state index < -0.39 is 5.97 Å². The molecule has 2 aromatic carbocycles. The predicted octanol–water partition coefficient (Wildman–Crippen LogP) is 5.75. The van der Waals surface area contributed by atoms with Crippen molar-refractivity contribution < 1.29 is 14.3 Å². The van der Waals surface area contributed by atoms with Crippen LogP contribution in [0, 0.1) is 6.92 Å².